The van der Waals surface area contributed by atoms with Crippen molar-refractivity contribution in [1.29, 1.82) is 0 Å². The number of aromatic nitrogens is 1. The summed E-state index contributed by atoms with van der Waals surface area (Å²) >= 11 is 1.85. The van der Waals surface area contributed by atoms with Gasteiger partial charge in [-0.15, -0.1) is 11.3 Å². The Morgan fingerprint density at radius 1 is 1.35 bits per heavy atom. The predicted octanol–water partition coefficient (Wildman–Crippen LogP) is 2.48. The minimum absolute atomic E-state index is 0.151. The molecule has 1 fully saturated rings. The van der Waals surface area contributed by atoms with E-state index in [1.165, 1.54) is 15.7 Å². The summed E-state index contributed by atoms with van der Waals surface area (Å²) in [6.07, 6.45) is 0. The second-order valence-corrected chi connectivity index (χ2v) is 7.98. The Bertz CT molecular complexity index is 449. The van der Waals surface area contributed by atoms with Crippen molar-refractivity contribution in [2.24, 2.45) is 0 Å². The van der Waals surface area contributed by atoms with Gasteiger partial charge in [0, 0.05) is 42.6 Å². The quantitative estimate of drug-likeness (QED) is 0.928. The van der Waals surface area contributed by atoms with Crippen LogP contribution in [0.3, 0.4) is 0 Å². The van der Waals surface area contributed by atoms with E-state index in [0.29, 0.717) is 6.04 Å². The second-order valence-electron chi connectivity index (χ2n) is 6.91. The normalized spacial score (nSPS) is 21.5. The van der Waals surface area contributed by atoms with Crippen LogP contribution in [0.4, 0.5) is 5.13 Å². The Balaban J connectivity index is 2.07. The van der Waals surface area contributed by atoms with E-state index in [1.807, 2.05) is 11.3 Å². The fourth-order valence-corrected chi connectivity index (χ4v) is 3.60. The molecule has 1 aromatic heterocycles. The third-order valence-corrected chi connectivity index (χ3v) is 4.93. The molecule has 0 saturated carbocycles. The van der Waals surface area contributed by atoms with Crippen LogP contribution in [-0.2, 0) is 6.54 Å². The first kappa shape index (κ1) is 15.7. The van der Waals surface area contributed by atoms with E-state index in [2.05, 4.69) is 56.8 Å². The second kappa shape index (κ2) is 6.00. The van der Waals surface area contributed by atoms with Crippen molar-refractivity contribution in [3.05, 3.63) is 10.6 Å². The first-order valence-corrected chi connectivity index (χ1v) is 8.24. The van der Waals surface area contributed by atoms with Gasteiger partial charge in [-0.1, -0.05) is 0 Å². The van der Waals surface area contributed by atoms with Gasteiger partial charge in [0.05, 0.1) is 5.69 Å². The van der Waals surface area contributed by atoms with Gasteiger partial charge in [0.25, 0.3) is 0 Å². The maximum atomic E-state index is 4.80. The van der Waals surface area contributed by atoms with E-state index in [-0.39, 0.29) is 5.54 Å². The van der Waals surface area contributed by atoms with Crippen molar-refractivity contribution < 1.29 is 0 Å². The van der Waals surface area contributed by atoms with Gasteiger partial charge in [0.2, 0.25) is 0 Å². The van der Waals surface area contributed by atoms with E-state index in [0.717, 1.165) is 26.2 Å². The van der Waals surface area contributed by atoms with Crippen molar-refractivity contribution in [2.75, 3.05) is 31.6 Å². The Hall–Kier alpha value is -0.650. The number of nitrogens with zero attached hydrogens (tertiary/aromatic N) is 3. The molecule has 0 spiro atoms. The molecule has 1 atom stereocenters. The SMILES string of the molecule is Cc1nc(N2CCN(C)CC2C)sc1CNC(C)(C)C. The van der Waals surface area contributed by atoms with Crippen molar-refractivity contribution in [3.8, 4) is 0 Å². The number of nitrogens with one attached hydrogen (secondary N) is 1. The average molecular weight is 296 g/mol. The molecule has 1 aromatic rings. The first-order chi connectivity index (χ1) is 9.26. The maximum absolute atomic E-state index is 4.80. The smallest absolute Gasteiger partial charge is 0.186 e. The first-order valence-electron chi connectivity index (χ1n) is 7.43. The number of aryl methyl sites for hydroxylation is 1. The Morgan fingerprint density at radius 3 is 2.65 bits per heavy atom. The zero-order valence-electron chi connectivity index (χ0n) is 13.7. The summed E-state index contributed by atoms with van der Waals surface area (Å²) in [7, 11) is 2.19. The zero-order valence-corrected chi connectivity index (χ0v) is 14.5. The highest BCUT2D eigenvalue weighted by Crippen LogP contribution is 2.29. The molecule has 20 heavy (non-hydrogen) atoms. The molecule has 0 amide bonds. The number of hydrogen-bond acceptors (Lipinski definition) is 5. The standard InChI is InChI=1S/C15H28N4S/c1-11-10-18(6)7-8-19(11)14-17-12(2)13(20-14)9-16-15(3,4)5/h11,16H,7-10H2,1-6H3. The van der Waals surface area contributed by atoms with Gasteiger partial charge >= 0.3 is 0 Å². The number of rotatable bonds is 3. The van der Waals surface area contributed by atoms with Gasteiger partial charge in [-0.3, -0.25) is 0 Å². The minimum atomic E-state index is 0.151. The lowest BCUT2D eigenvalue weighted by Gasteiger charge is -2.38. The lowest BCUT2D eigenvalue weighted by molar-refractivity contribution is 0.275. The van der Waals surface area contributed by atoms with Crippen molar-refractivity contribution in [2.45, 2.75) is 52.7 Å². The van der Waals surface area contributed by atoms with Crippen LogP contribution in [0.5, 0.6) is 0 Å². The number of piperazine rings is 1. The van der Waals surface area contributed by atoms with E-state index in [4.69, 9.17) is 4.98 Å². The van der Waals surface area contributed by atoms with Crippen LogP contribution < -0.4 is 10.2 Å². The minimum Gasteiger partial charge on any atom is -0.343 e. The van der Waals surface area contributed by atoms with E-state index in [1.54, 1.807) is 0 Å². The lowest BCUT2D eigenvalue weighted by atomic mass is 10.1. The Kier molecular flexibility index (Phi) is 4.72. The molecule has 114 valence electrons. The fourth-order valence-electron chi connectivity index (χ4n) is 2.47. The molecule has 1 aliphatic rings. The molecule has 5 heteroatoms. The molecule has 2 rings (SSSR count). The largest absolute Gasteiger partial charge is 0.343 e. The summed E-state index contributed by atoms with van der Waals surface area (Å²) in [6, 6.07) is 0.544. The zero-order chi connectivity index (χ0) is 14.9. The summed E-state index contributed by atoms with van der Waals surface area (Å²) in [6.45, 7) is 15.3. The van der Waals surface area contributed by atoms with Gasteiger partial charge in [-0.2, -0.15) is 0 Å². The molecule has 1 unspecified atom stereocenters. The number of anilines is 1. The van der Waals surface area contributed by atoms with Crippen LogP contribution in [-0.4, -0.2) is 48.1 Å². The third-order valence-electron chi connectivity index (χ3n) is 3.74. The van der Waals surface area contributed by atoms with Crippen molar-refractivity contribution in [3.63, 3.8) is 0 Å². The number of thiazole rings is 1. The van der Waals surface area contributed by atoms with Gasteiger partial charge in [-0.05, 0) is 41.7 Å². The monoisotopic (exact) mass is 296 g/mol. The van der Waals surface area contributed by atoms with Gasteiger partial charge in [0.1, 0.15) is 0 Å². The van der Waals surface area contributed by atoms with E-state index in [9.17, 15) is 0 Å². The van der Waals surface area contributed by atoms with Crippen molar-refractivity contribution in [1.82, 2.24) is 15.2 Å². The van der Waals surface area contributed by atoms with E-state index >= 15 is 0 Å². The van der Waals surface area contributed by atoms with Crippen LogP contribution in [0, 0.1) is 6.92 Å². The molecule has 1 saturated heterocycles. The van der Waals surface area contributed by atoms with Crippen LogP contribution in [0.15, 0.2) is 0 Å². The average Bonchev–Trinajstić information content (AvgIpc) is 2.67. The topological polar surface area (TPSA) is 31.4 Å². The molecule has 4 nitrogen and oxygen atoms in total. The summed E-state index contributed by atoms with van der Waals surface area (Å²) in [5.41, 5.74) is 1.32. The van der Waals surface area contributed by atoms with Crippen LogP contribution in [0.2, 0.25) is 0 Å². The van der Waals surface area contributed by atoms with Crippen LogP contribution in [0.1, 0.15) is 38.3 Å². The maximum Gasteiger partial charge on any atom is 0.186 e. The highest BCUT2D eigenvalue weighted by atomic mass is 32.1. The molecule has 0 aromatic carbocycles. The highest BCUT2D eigenvalue weighted by Gasteiger charge is 2.24. The highest BCUT2D eigenvalue weighted by molar-refractivity contribution is 7.15. The predicted molar refractivity (Wildman–Crippen MR) is 87.7 cm³/mol. The number of likely N-dealkylation sites (N-methyl/N-ethyl adjacent to an activating group) is 1. The van der Waals surface area contributed by atoms with Gasteiger partial charge < -0.3 is 15.1 Å². The van der Waals surface area contributed by atoms with E-state index < -0.39 is 0 Å². The molecule has 1 aliphatic heterocycles. The molecular weight excluding hydrogens is 268 g/mol. The molecular formula is C15H28N4S. The summed E-state index contributed by atoms with van der Waals surface area (Å²) in [5.74, 6) is 0. The van der Waals surface area contributed by atoms with Crippen LogP contribution >= 0.6 is 11.3 Å². The third kappa shape index (κ3) is 3.93. The summed E-state index contributed by atoms with van der Waals surface area (Å²) < 4.78 is 0. The summed E-state index contributed by atoms with van der Waals surface area (Å²) in [5, 5.41) is 4.75. The Labute approximate surface area is 127 Å². The summed E-state index contributed by atoms with van der Waals surface area (Å²) in [4.78, 5) is 11.0. The lowest BCUT2D eigenvalue weighted by Crippen LogP contribution is -2.50. The molecule has 0 bridgehead atoms. The van der Waals surface area contributed by atoms with Crippen molar-refractivity contribution >= 4 is 16.5 Å². The molecule has 2 heterocycles. The number of hydrogen-bond donors (Lipinski definition) is 1. The van der Waals surface area contributed by atoms with Crippen LogP contribution in [0.25, 0.3) is 0 Å². The Morgan fingerprint density at radius 2 is 2.05 bits per heavy atom. The van der Waals surface area contributed by atoms with Gasteiger partial charge in [0.15, 0.2) is 5.13 Å². The fraction of sp³-hybridized carbons (Fsp3) is 0.800. The molecule has 1 N–H and O–H groups in total. The van der Waals surface area contributed by atoms with Gasteiger partial charge in [-0.25, -0.2) is 4.98 Å². The molecule has 0 radical (unpaired) electrons. The molecule has 0 aliphatic carbocycles.